The lowest BCUT2D eigenvalue weighted by Gasteiger charge is -2.27. The summed E-state index contributed by atoms with van der Waals surface area (Å²) in [6.07, 6.45) is 8.85. The molecule has 0 unspecified atom stereocenters. The molecule has 0 spiro atoms. The quantitative estimate of drug-likeness (QED) is 0.150. The molecule has 0 saturated carbocycles. The Morgan fingerprint density at radius 3 is 1.69 bits per heavy atom. The Morgan fingerprint density at radius 2 is 0.945 bits per heavy atom. The van der Waals surface area contributed by atoms with Crippen molar-refractivity contribution in [3.8, 4) is 33.4 Å². The van der Waals surface area contributed by atoms with Crippen LogP contribution in [0.15, 0.2) is 212 Å². The van der Waals surface area contributed by atoms with Gasteiger partial charge >= 0.3 is 0 Å². The van der Waals surface area contributed by atoms with E-state index in [2.05, 4.69) is 217 Å². The van der Waals surface area contributed by atoms with Gasteiger partial charge in [0.25, 0.3) is 0 Å². The number of allylic oxidation sites excluding steroid dienone is 4. The first-order valence-electron chi connectivity index (χ1n) is 19.2. The van der Waals surface area contributed by atoms with E-state index in [9.17, 15) is 0 Å². The van der Waals surface area contributed by atoms with Gasteiger partial charge in [-0.1, -0.05) is 164 Å². The van der Waals surface area contributed by atoms with Gasteiger partial charge in [0.15, 0.2) is 0 Å². The number of fused-ring (bicyclic) bond motifs is 4. The maximum atomic E-state index is 2.40. The molecule has 0 bridgehead atoms. The number of hydrogen-bond acceptors (Lipinski definition) is 1. The van der Waals surface area contributed by atoms with Gasteiger partial charge in [-0.2, -0.15) is 0 Å². The van der Waals surface area contributed by atoms with Crippen LogP contribution in [0.2, 0.25) is 0 Å². The van der Waals surface area contributed by atoms with Crippen molar-refractivity contribution < 1.29 is 0 Å². The van der Waals surface area contributed by atoms with E-state index < -0.39 is 0 Å². The van der Waals surface area contributed by atoms with Gasteiger partial charge in [-0.25, -0.2) is 0 Å². The number of nitrogens with zero attached hydrogens (tertiary/aromatic N) is 1. The molecule has 1 aliphatic rings. The fourth-order valence-corrected chi connectivity index (χ4v) is 8.34. The zero-order valence-corrected chi connectivity index (χ0v) is 30.6. The van der Waals surface area contributed by atoms with Crippen molar-refractivity contribution in [2.24, 2.45) is 0 Å². The second-order valence-corrected chi connectivity index (χ2v) is 14.4. The van der Waals surface area contributed by atoms with E-state index in [1.807, 2.05) is 0 Å². The number of anilines is 3. The Morgan fingerprint density at radius 1 is 0.345 bits per heavy atom. The molecule has 0 heterocycles. The minimum absolute atomic E-state index is 1.04. The van der Waals surface area contributed by atoms with Crippen LogP contribution in [-0.4, -0.2) is 0 Å². The van der Waals surface area contributed by atoms with Crippen molar-refractivity contribution in [2.75, 3.05) is 4.90 Å². The van der Waals surface area contributed by atoms with E-state index in [-0.39, 0.29) is 0 Å². The summed E-state index contributed by atoms with van der Waals surface area (Å²) in [6, 6.07) is 71.1. The summed E-state index contributed by atoms with van der Waals surface area (Å²) in [5.74, 6) is 0. The van der Waals surface area contributed by atoms with Gasteiger partial charge in [-0.15, -0.1) is 0 Å². The molecule has 260 valence electrons. The third-order valence-electron chi connectivity index (χ3n) is 11.1. The molecule has 0 aliphatic heterocycles. The van der Waals surface area contributed by atoms with Crippen LogP contribution in [-0.2, 0) is 0 Å². The van der Waals surface area contributed by atoms with Crippen LogP contribution < -0.4 is 4.90 Å². The first-order chi connectivity index (χ1) is 27.3. The summed E-state index contributed by atoms with van der Waals surface area (Å²) in [4.78, 5) is 2.40. The van der Waals surface area contributed by atoms with Crippen LogP contribution in [0.4, 0.5) is 17.1 Å². The monoisotopic (exact) mass is 701 g/mol. The van der Waals surface area contributed by atoms with E-state index in [0.717, 1.165) is 29.9 Å². The Labute approximate surface area is 322 Å². The van der Waals surface area contributed by atoms with Gasteiger partial charge in [0, 0.05) is 17.1 Å². The highest BCUT2D eigenvalue weighted by Gasteiger charge is 2.18. The molecule has 10 rings (SSSR count). The van der Waals surface area contributed by atoms with E-state index in [0.29, 0.717) is 0 Å². The average Bonchev–Trinajstić information content (AvgIpc) is 3.27. The van der Waals surface area contributed by atoms with Gasteiger partial charge in [-0.3, -0.25) is 0 Å². The minimum Gasteiger partial charge on any atom is -0.310 e. The summed E-state index contributed by atoms with van der Waals surface area (Å²) in [7, 11) is 0. The molecule has 0 radical (unpaired) electrons. The molecule has 9 aromatic rings. The van der Waals surface area contributed by atoms with Crippen molar-refractivity contribution in [1.82, 2.24) is 0 Å². The largest absolute Gasteiger partial charge is 0.310 e. The van der Waals surface area contributed by atoms with E-state index in [4.69, 9.17) is 0 Å². The van der Waals surface area contributed by atoms with Gasteiger partial charge in [-0.05, 0) is 138 Å². The zero-order valence-electron chi connectivity index (χ0n) is 30.6. The number of benzene rings is 9. The Hall–Kier alpha value is -6.96. The third kappa shape index (κ3) is 6.20. The predicted molar refractivity (Wildman–Crippen MR) is 236 cm³/mol. The van der Waals surface area contributed by atoms with Crippen LogP contribution in [0.3, 0.4) is 0 Å². The normalized spacial score (nSPS) is 12.6. The van der Waals surface area contributed by atoms with Crippen LogP contribution in [0.5, 0.6) is 0 Å². The first kappa shape index (κ1) is 32.7. The molecule has 0 fully saturated rings. The van der Waals surface area contributed by atoms with Crippen molar-refractivity contribution in [3.63, 3.8) is 0 Å². The smallest absolute Gasteiger partial charge is 0.0468 e. The second kappa shape index (κ2) is 14.1. The maximum absolute atomic E-state index is 2.40. The van der Waals surface area contributed by atoms with Crippen LogP contribution in [0.25, 0.3) is 71.3 Å². The van der Waals surface area contributed by atoms with Crippen molar-refractivity contribution in [1.29, 1.82) is 0 Å². The van der Waals surface area contributed by atoms with Crippen LogP contribution in [0.1, 0.15) is 18.4 Å². The topological polar surface area (TPSA) is 3.24 Å². The number of hydrogen-bond donors (Lipinski definition) is 0. The molecule has 1 aliphatic carbocycles. The van der Waals surface area contributed by atoms with Crippen molar-refractivity contribution in [2.45, 2.75) is 12.8 Å². The standard InChI is InChI=1S/C54H39N/c1-3-14-40(15-4-1)50-34-33-48(37-54(50)41-16-5-2-6-17-41)55(46-29-25-39(26-30-46)44-24-23-38-13-7-8-18-43(38)35-44)47-31-27-42(28-32-47)53-36-45-19-9-10-20-49(45)51-21-11-12-22-52(51)53/h1-3,5-14,16-37H,4,15H2. The lowest BCUT2D eigenvalue weighted by Crippen LogP contribution is -2.10. The summed E-state index contributed by atoms with van der Waals surface area (Å²) in [6.45, 7) is 0. The van der Waals surface area contributed by atoms with Crippen molar-refractivity contribution >= 4 is 55.0 Å². The van der Waals surface area contributed by atoms with Gasteiger partial charge in [0.05, 0.1) is 0 Å². The van der Waals surface area contributed by atoms with Crippen molar-refractivity contribution in [3.05, 3.63) is 218 Å². The zero-order chi connectivity index (χ0) is 36.6. The summed E-state index contributed by atoms with van der Waals surface area (Å²) in [5.41, 5.74) is 13.4. The molecule has 0 N–H and O–H groups in total. The average molecular weight is 702 g/mol. The molecule has 9 aromatic carbocycles. The predicted octanol–water partition coefficient (Wildman–Crippen LogP) is 15.4. The Bertz CT molecular complexity index is 2900. The fourth-order valence-electron chi connectivity index (χ4n) is 8.34. The van der Waals surface area contributed by atoms with Crippen LogP contribution in [0, 0.1) is 0 Å². The van der Waals surface area contributed by atoms with E-state index in [1.165, 1.54) is 76.8 Å². The fraction of sp³-hybridized carbons (Fsp3) is 0.0370. The second-order valence-electron chi connectivity index (χ2n) is 14.4. The minimum atomic E-state index is 1.04. The highest BCUT2D eigenvalue weighted by atomic mass is 15.1. The molecule has 55 heavy (non-hydrogen) atoms. The number of rotatable bonds is 7. The molecular weight excluding hydrogens is 663 g/mol. The summed E-state index contributed by atoms with van der Waals surface area (Å²) >= 11 is 0. The third-order valence-corrected chi connectivity index (χ3v) is 11.1. The molecule has 0 aromatic heterocycles. The highest BCUT2D eigenvalue weighted by Crippen LogP contribution is 2.42. The van der Waals surface area contributed by atoms with E-state index in [1.54, 1.807) is 0 Å². The van der Waals surface area contributed by atoms with Gasteiger partial charge in [0.1, 0.15) is 0 Å². The lowest BCUT2D eigenvalue weighted by atomic mass is 9.89. The summed E-state index contributed by atoms with van der Waals surface area (Å²) in [5, 5.41) is 7.60. The molecule has 0 atom stereocenters. The van der Waals surface area contributed by atoms with Gasteiger partial charge in [0.2, 0.25) is 0 Å². The Kier molecular flexibility index (Phi) is 8.39. The molecular formula is C54H39N. The summed E-state index contributed by atoms with van der Waals surface area (Å²) < 4.78 is 0. The molecule has 1 heteroatoms. The molecule has 1 nitrogen and oxygen atoms in total. The first-order valence-corrected chi connectivity index (χ1v) is 19.2. The molecule has 0 amide bonds. The lowest BCUT2D eigenvalue weighted by molar-refractivity contribution is 1.05. The molecule has 0 saturated heterocycles. The highest BCUT2D eigenvalue weighted by molar-refractivity contribution is 6.13. The maximum Gasteiger partial charge on any atom is 0.0468 e. The SMILES string of the molecule is C1=CCCC(c2ccc(N(c3ccc(-c4ccc5ccccc5c4)cc3)c3ccc(-c4cc5ccccc5c5ccccc45)cc3)cc2-c2ccccc2)=C1. The van der Waals surface area contributed by atoms with Gasteiger partial charge < -0.3 is 4.90 Å². The van der Waals surface area contributed by atoms with Crippen LogP contribution >= 0.6 is 0 Å². The van der Waals surface area contributed by atoms with E-state index >= 15 is 0 Å². The Balaban J connectivity index is 1.11.